The maximum Gasteiger partial charge on any atom is 0.358 e. The molecule has 0 bridgehead atoms. The monoisotopic (exact) mass is 362 g/mol. The minimum Gasteiger partial charge on any atom is -0.462 e. The summed E-state index contributed by atoms with van der Waals surface area (Å²) in [6.07, 6.45) is 0. The number of anilines is 2. The van der Waals surface area contributed by atoms with Crippen molar-refractivity contribution in [2.45, 2.75) is 20.8 Å². The van der Waals surface area contributed by atoms with E-state index < -0.39 is 17.8 Å². The molecule has 2 rings (SSSR count). The zero-order valence-corrected chi connectivity index (χ0v) is 14.5. The molecule has 0 unspecified atom stereocenters. The topological polar surface area (TPSA) is 147 Å². The minimum atomic E-state index is -0.872. The zero-order valence-electron chi connectivity index (χ0n) is 14.5. The van der Waals surface area contributed by atoms with Crippen LogP contribution in [0.4, 0.5) is 11.7 Å². The molecule has 0 atom stereocenters. The Morgan fingerprint density at radius 1 is 1.08 bits per heavy atom. The summed E-state index contributed by atoms with van der Waals surface area (Å²) in [5.74, 6) is -1.94. The van der Waals surface area contributed by atoms with Crippen LogP contribution >= 0.6 is 0 Å². The average Bonchev–Trinajstić information content (AvgIpc) is 2.92. The number of carbonyl (C=O) groups excluding carboxylic acids is 3. The first-order valence-corrected chi connectivity index (χ1v) is 7.77. The van der Waals surface area contributed by atoms with Crippen LogP contribution in [0.2, 0.25) is 0 Å². The van der Waals surface area contributed by atoms with Crippen LogP contribution < -0.4 is 11.1 Å². The summed E-state index contributed by atoms with van der Waals surface area (Å²) in [4.78, 5) is 35.4. The Kier molecular flexibility index (Phi) is 5.89. The van der Waals surface area contributed by atoms with Gasteiger partial charge in [0.05, 0.1) is 13.2 Å². The first kappa shape index (κ1) is 18.9. The predicted octanol–water partition coefficient (Wildman–Crippen LogP) is 1.57. The molecule has 10 heteroatoms. The van der Waals surface area contributed by atoms with E-state index >= 15 is 0 Å². The molecule has 0 aliphatic heterocycles. The molecule has 2 heterocycles. The van der Waals surface area contributed by atoms with Crippen molar-refractivity contribution in [2.24, 2.45) is 5.73 Å². The summed E-state index contributed by atoms with van der Waals surface area (Å²) in [5.41, 5.74) is 5.18. The number of amides is 1. The molecule has 2 aromatic heterocycles. The van der Waals surface area contributed by atoms with E-state index in [0.29, 0.717) is 0 Å². The van der Waals surface area contributed by atoms with Crippen molar-refractivity contribution in [1.82, 2.24) is 10.2 Å². The van der Waals surface area contributed by atoms with Gasteiger partial charge in [0.1, 0.15) is 16.9 Å². The average molecular weight is 362 g/mol. The van der Waals surface area contributed by atoms with Crippen molar-refractivity contribution in [3.63, 3.8) is 0 Å². The lowest BCUT2D eigenvalue weighted by atomic mass is 10.1. The first-order chi connectivity index (χ1) is 12.4. The van der Waals surface area contributed by atoms with Gasteiger partial charge in [-0.25, -0.2) is 9.59 Å². The van der Waals surface area contributed by atoms with Crippen molar-refractivity contribution in [3.8, 4) is 0 Å². The molecule has 0 aromatic carbocycles. The molecule has 0 saturated carbocycles. The van der Waals surface area contributed by atoms with Gasteiger partial charge in [0, 0.05) is 0 Å². The van der Waals surface area contributed by atoms with Gasteiger partial charge in [0.25, 0.3) is 5.91 Å². The van der Waals surface area contributed by atoms with Crippen LogP contribution in [0.15, 0.2) is 16.5 Å². The SMILES string of the molecule is CCOC(=O)c1ccc(Nc2oc(C)c(C(=O)OCC)c2C(N)=O)nn1. The Hall–Kier alpha value is -3.43. The van der Waals surface area contributed by atoms with Gasteiger partial charge >= 0.3 is 11.9 Å². The third-order valence-corrected chi connectivity index (χ3v) is 3.20. The van der Waals surface area contributed by atoms with Crippen LogP contribution in [-0.2, 0) is 9.47 Å². The molecular weight excluding hydrogens is 344 g/mol. The Morgan fingerprint density at radius 3 is 2.27 bits per heavy atom. The van der Waals surface area contributed by atoms with Crippen LogP contribution in [0, 0.1) is 6.92 Å². The Bertz CT molecular complexity index is 828. The summed E-state index contributed by atoms with van der Waals surface area (Å²) < 4.78 is 15.1. The van der Waals surface area contributed by atoms with E-state index in [1.807, 2.05) is 0 Å². The number of hydrogen-bond acceptors (Lipinski definition) is 9. The fourth-order valence-corrected chi connectivity index (χ4v) is 2.15. The van der Waals surface area contributed by atoms with Gasteiger partial charge in [-0.3, -0.25) is 4.79 Å². The normalized spacial score (nSPS) is 10.3. The number of primary amides is 1. The van der Waals surface area contributed by atoms with Gasteiger partial charge in [-0.15, -0.1) is 10.2 Å². The number of carbonyl (C=O) groups is 3. The fraction of sp³-hybridized carbons (Fsp3) is 0.312. The van der Waals surface area contributed by atoms with E-state index in [0.717, 1.165) is 0 Å². The smallest absolute Gasteiger partial charge is 0.358 e. The van der Waals surface area contributed by atoms with E-state index in [4.69, 9.17) is 19.6 Å². The molecule has 0 aliphatic rings. The fourth-order valence-electron chi connectivity index (χ4n) is 2.15. The first-order valence-electron chi connectivity index (χ1n) is 7.77. The van der Waals surface area contributed by atoms with E-state index in [9.17, 15) is 14.4 Å². The van der Waals surface area contributed by atoms with Crippen molar-refractivity contribution >= 4 is 29.5 Å². The number of hydrogen-bond donors (Lipinski definition) is 2. The molecular formula is C16H18N4O6. The van der Waals surface area contributed by atoms with Crippen LogP contribution in [0.5, 0.6) is 0 Å². The molecule has 2 aromatic rings. The molecule has 3 N–H and O–H groups in total. The maximum atomic E-state index is 12.0. The number of nitrogens with one attached hydrogen (secondary N) is 1. The lowest BCUT2D eigenvalue weighted by molar-refractivity contribution is 0.0510. The summed E-state index contributed by atoms with van der Waals surface area (Å²) >= 11 is 0. The Morgan fingerprint density at radius 2 is 1.73 bits per heavy atom. The van der Waals surface area contributed by atoms with Crippen LogP contribution in [0.25, 0.3) is 0 Å². The maximum absolute atomic E-state index is 12.0. The molecule has 0 spiro atoms. The highest BCUT2D eigenvalue weighted by atomic mass is 16.5. The second kappa shape index (κ2) is 8.10. The van der Waals surface area contributed by atoms with Gasteiger partial charge < -0.3 is 24.9 Å². The van der Waals surface area contributed by atoms with Crippen molar-refractivity contribution in [2.75, 3.05) is 18.5 Å². The second-order valence-electron chi connectivity index (χ2n) is 4.97. The standard InChI is InChI=1S/C16H18N4O6/c1-4-24-15(22)9-6-7-10(20-19-9)18-14-12(13(17)21)11(8(3)26-14)16(23)25-5-2/h6-7H,4-5H2,1-3H3,(H2,17,21)(H,18,20). The van der Waals surface area contributed by atoms with Gasteiger partial charge in [-0.05, 0) is 32.9 Å². The van der Waals surface area contributed by atoms with Crippen LogP contribution in [0.3, 0.4) is 0 Å². The van der Waals surface area contributed by atoms with Gasteiger partial charge in [0.2, 0.25) is 5.88 Å². The number of rotatable bonds is 7. The lowest BCUT2D eigenvalue weighted by Crippen LogP contribution is -2.18. The molecule has 0 radical (unpaired) electrons. The second-order valence-corrected chi connectivity index (χ2v) is 4.97. The molecule has 0 saturated heterocycles. The summed E-state index contributed by atoms with van der Waals surface area (Å²) in [6, 6.07) is 2.82. The highest BCUT2D eigenvalue weighted by molar-refractivity contribution is 6.09. The highest BCUT2D eigenvalue weighted by Gasteiger charge is 2.28. The van der Waals surface area contributed by atoms with E-state index in [1.54, 1.807) is 13.8 Å². The van der Waals surface area contributed by atoms with Crippen molar-refractivity contribution in [3.05, 3.63) is 34.7 Å². The largest absolute Gasteiger partial charge is 0.462 e. The van der Waals surface area contributed by atoms with Gasteiger partial charge in [-0.2, -0.15) is 0 Å². The van der Waals surface area contributed by atoms with Crippen molar-refractivity contribution in [1.29, 1.82) is 0 Å². The number of esters is 2. The molecule has 1 amide bonds. The number of nitrogens with zero attached hydrogens (tertiary/aromatic N) is 2. The zero-order chi connectivity index (χ0) is 19.3. The predicted molar refractivity (Wildman–Crippen MR) is 89.2 cm³/mol. The van der Waals surface area contributed by atoms with E-state index in [2.05, 4.69) is 15.5 Å². The summed E-state index contributed by atoms with van der Waals surface area (Å²) in [6.45, 7) is 5.15. The summed E-state index contributed by atoms with van der Waals surface area (Å²) in [7, 11) is 0. The Labute approximate surface area is 148 Å². The Balaban J connectivity index is 2.32. The number of furan rings is 1. The van der Waals surface area contributed by atoms with Gasteiger partial charge in [-0.1, -0.05) is 0 Å². The van der Waals surface area contributed by atoms with E-state index in [-0.39, 0.29) is 47.5 Å². The summed E-state index contributed by atoms with van der Waals surface area (Å²) in [5, 5.41) is 10.2. The lowest BCUT2D eigenvalue weighted by Gasteiger charge is -2.05. The number of aromatic nitrogens is 2. The quantitative estimate of drug-likeness (QED) is 0.700. The van der Waals surface area contributed by atoms with Gasteiger partial charge in [0.15, 0.2) is 11.5 Å². The van der Waals surface area contributed by atoms with Crippen molar-refractivity contribution < 1.29 is 28.3 Å². The van der Waals surface area contributed by atoms with Crippen LogP contribution in [-0.4, -0.2) is 41.3 Å². The van der Waals surface area contributed by atoms with Crippen LogP contribution in [0.1, 0.15) is 50.8 Å². The number of aryl methyl sites for hydroxylation is 1. The highest BCUT2D eigenvalue weighted by Crippen LogP contribution is 2.29. The molecule has 10 nitrogen and oxygen atoms in total. The minimum absolute atomic E-state index is 0.0235. The molecule has 0 aliphatic carbocycles. The third-order valence-electron chi connectivity index (χ3n) is 3.20. The third kappa shape index (κ3) is 3.97. The van der Waals surface area contributed by atoms with E-state index in [1.165, 1.54) is 19.1 Å². The molecule has 26 heavy (non-hydrogen) atoms. The number of ether oxygens (including phenoxy) is 2. The molecule has 0 fully saturated rings. The molecule has 138 valence electrons. The number of nitrogens with two attached hydrogens (primary N) is 1.